The molecule has 0 bridgehead atoms. The second-order valence-electron chi connectivity index (χ2n) is 17.0. The van der Waals surface area contributed by atoms with Crippen LogP contribution in [-0.2, 0) is 19.1 Å². The van der Waals surface area contributed by atoms with Crippen LogP contribution in [0.3, 0.4) is 0 Å². The van der Waals surface area contributed by atoms with E-state index in [2.05, 4.69) is 40.7 Å². The lowest BCUT2D eigenvalue weighted by molar-refractivity contribution is -0.873. The monoisotopic (exact) mass is 602 g/mol. The van der Waals surface area contributed by atoms with E-state index in [0.717, 1.165) is 54.8 Å². The molecule has 0 aromatic carbocycles. The van der Waals surface area contributed by atoms with Crippen LogP contribution in [0.2, 0.25) is 0 Å². The van der Waals surface area contributed by atoms with E-state index >= 15 is 0 Å². The number of likely N-dealkylation sites (N-methyl/N-ethyl adjacent to an activating group) is 1. The van der Waals surface area contributed by atoms with Crippen molar-refractivity contribution in [2.75, 3.05) is 34.3 Å². The topological polar surface area (TPSA) is 72.8 Å². The van der Waals surface area contributed by atoms with Gasteiger partial charge in [0.15, 0.2) is 0 Å². The Labute approximate surface area is 262 Å². The quantitative estimate of drug-likeness (QED) is 0.136. The summed E-state index contributed by atoms with van der Waals surface area (Å²) in [6.45, 7) is 12.9. The molecule has 0 aliphatic heterocycles. The summed E-state index contributed by atoms with van der Waals surface area (Å²) in [5, 5.41) is 10.1. The Morgan fingerprint density at radius 1 is 0.977 bits per heavy atom. The van der Waals surface area contributed by atoms with E-state index in [1.807, 2.05) is 21.1 Å². The Balaban J connectivity index is 1.27. The number of hydrogen-bond donors (Lipinski definition) is 1. The van der Waals surface area contributed by atoms with E-state index in [9.17, 15) is 14.7 Å². The summed E-state index contributed by atoms with van der Waals surface area (Å²) in [5.41, 5.74) is 2.24. The molecule has 0 aromatic heterocycles. The summed E-state index contributed by atoms with van der Waals surface area (Å²) in [6, 6.07) is 0. The predicted octanol–water partition coefficient (Wildman–Crippen LogP) is 7.33. The van der Waals surface area contributed by atoms with Gasteiger partial charge in [-0.2, -0.15) is 0 Å². The highest BCUT2D eigenvalue weighted by Gasteiger charge is 2.59. The third-order valence-electron chi connectivity index (χ3n) is 12.3. The Morgan fingerprint density at radius 2 is 1.70 bits per heavy atom. The fourth-order valence-corrected chi connectivity index (χ4v) is 10.1. The molecule has 1 N–H and O–H groups in total. The summed E-state index contributed by atoms with van der Waals surface area (Å²) in [6.07, 6.45) is 15.5. The first-order chi connectivity index (χ1) is 20.1. The normalized spacial score (nSPS) is 35.3. The van der Waals surface area contributed by atoms with Gasteiger partial charge in [0.05, 0.1) is 34.0 Å². The number of carbonyl (C=O) groups excluding carboxylic acids is 2. The molecule has 0 heterocycles. The van der Waals surface area contributed by atoms with Crippen molar-refractivity contribution in [2.24, 2.45) is 46.3 Å². The summed E-state index contributed by atoms with van der Waals surface area (Å²) < 4.78 is 11.7. The van der Waals surface area contributed by atoms with Crippen molar-refractivity contribution >= 4 is 11.9 Å². The highest BCUT2D eigenvalue weighted by molar-refractivity contribution is 5.77. The maximum atomic E-state index is 12.7. The predicted molar refractivity (Wildman–Crippen MR) is 172 cm³/mol. The molecule has 4 aliphatic rings. The summed E-state index contributed by atoms with van der Waals surface area (Å²) >= 11 is 0. The Morgan fingerprint density at radius 3 is 2.40 bits per heavy atom. The van der Waals surface area contributed by atoms with Gasteiger partial charge in [-0.25, -0.2) is 0 Å². The molecule has 0 amide bonds. The standard InChI is InChI=1S/C37H64NO5/c1-25(2)10-9-11-26(3)31-14-15-32-30-13-12-27-22-29(18-20-36(27,4)33(30)19-21-37(31,32)5)43-35(41)17-16-34(40)42-24-28(39)23-38(6,7)8/h12,25-26,28-33,39H,9-11,13-24H2,1-8H3/q+1/t26-,28?,29?,30+,31-,32+,33+,36+,37-/m1/s1. The molecule has 6 heteroatoms. The van der Waals surface area contributed by atoms with Gasteiger partial charge in [0.1, 0.15) is 25.4 Å². The molecular weight excluding hydrogens is 538 g/mol. The van der Waals surface area contributed by atoms with Gasteiger partial charge in [0, 0.05) is 6.42 Å². The first-order valence-corrected chi connectivity index (χ1v) is 17.7. The van der Waals surface area contributed by atoms with Gasteiger partial charge in [-0.3, -0.25) is 9.59 Å². The summed E-state index contributed by atoms with van der Waals surface area (Å²) in [4.78, 5) is 24.8. The van der Waals surface area contributed by atoms with Crippen LogP contribution < -0.4 is 0 Å². The molecule has 4 rings (SSSR count). The zero-order chi connectivity index (χ0) is 31.6. The van der Waals surface area contributed by atoms with E-state index in [0.29, 0.717) is 16.4 Å². The molecule has 0 aromatic rings. The molecule has 4 aliphatic carbocycles. The number of ether oxygens (including phenoxy) is 2. The number of quaternary nitrogens is 1. The van der Waals surface area contributed by atoms with Crippen molar-refractivity contribution in [1.82, 2.24) is 0 Å². The number of aliphatic hydroxyl groups is 1. The van der Waals surface area contributed by atoms with Gasteiger partial charge in [-0.1, -0.05) is 65.5 Å². The number of nitrogens with zero attached hydrogens (tertiary/aromatic N) is 1. The smallest absolute Gasteiger partial charge is 0.306 e. The minimum absolute atomic E-state index is 0.00962. The lowest BCUT2D eigenvalue weighted by Gasteiger charge is -2.58. The van der Waals surface area contributed by atoms with E-state index in [-0.39, 0.29) is 36.9 Å². The molecule has 0 radical (unpaired) electrons. The third kappa shape index (κ3) is 8.26. The van der Waals surface area contributed by atoms with E-state index in [1.54, 1.807) is 0 Å². The van der Waals surface area contributed by atoms with Crippen LogP contribution in [-0.4, -0.2) is 68.0 Å². The van der Waals surface area contributed by atoms with Crippen LogP contribution in [0.4, 0.5) is 0 Å². The number of fused-ring (bicyclic) bond motifs is 5. The minimum atomic E-state index is -0.716. The van der Waals surface area contributed by atoms with Gasteiger partial charge in [-0.05, 0) is 91.3 Å². The first kappa shape index (κ1) is 34.5. The lowest BCUT2D eigenvalue weighted by atomic mass is 9.47. The van der Waals surface area contributed by atoms with Crippen molar-refractivity contribution in [3.05, 3.63) is 11.6 Å². The number of rotatable bonds is 13. The lowest BCUT2D eigenvalue weighted by Crippen LogP contribution is -2.51. The minimum Gasteiger partial charge on any atom is -0.463 e. The fourth-order valence-electron chi connectivity index (χ4n) is 10.1. The van der Waals surface area contributed by atoms with Crippen LogP contribution in [0.25, 0.3) is 0 Å². The van der Waals surface area contributed by atoms with Crippen molar-refractivity contribution in [3.63, 3.8) is 0 Å². The van der Waals surface area contributed by atoms with Crippen molar-refractivity contribution < 1.29 is 28.7 Å². The van der Waals surface area contributed by atoms with Crippen LogP contribution in [0.5, 0.6) is 0 Å². The van der Waals surface area contributed by atoms with E-state index in [1.165, 1.54) is 56.9 Å². The van der Waals surface area contributed by atoms with Crippen LogP contribution in [0, 0.1) is 46.3 Å². The van der Waals surface area contributed by atoms with Crippen molar-refractivity contribution in [2.45, 2.75) is 130 Å². The van der Waals surface area contributed by atoms with E-state index in [4.69, 9.17) is 9.47 Å². The highest BCUT2D eigenvalue weighted by Crippen LogP contribution is 2.67. The molecule has 6 nitrogen and oxygen atoms in total. The Hall–Kier alpha value is -1.40. The van der Waals surface area contributed by atoms with Gasteiger partial charge in [-0.15, -0.1) is 0 Å². The highest BCUT2D eigenvalue weighted by atomic mass is 16.5. The molecule has 2 unspecified atom stereocenters. The van der Waals surface area contributed by atoms with Crippen LogP contribution in [0.1, 0.15) is 118 Å². The summed E-state index contributed by atoms with van der Waals surface area (Å²) in [5.74, 6) is 4.14. The van der Waals surface area contributed by atoms with Gasteiger partial charge < -0.3 is 19.1 Å². The number of hydrogen-bond acceptors (Lipinski definition) is 5. The molecule has 0 spiro atoms. The Kier molecular flexibility index (Phi) is 11.2. The Bertz CT molecular complexity index is 999. The van der Waals surface area contributed by atoms with Crippen molar-refractivity contribution in [1.29, 1.82) is 0 Å². The average Bonchev–Trinajstić information content (AvgIpc) is 3.27. The van der Waals surface area contributed by atoms with Crippen LogP contribution >= 0.6 is 0 Å². The number of allylic oxidation sites excluding steroid dienone is 1. The second kappa shape index (κ2) is 13.9. The SMILES string of the molecule is CC(C)CCC[C@@H](C)[C@H]1CC[C@H]2[C@@H]3CC=C4CC(OC(=O)CCC(=O)OCC(O)C[N+](C)(C)C)CC[C@]4(C)[C@H]3CC[C@]12C. The van der Waals surface area contributed by atoms with E-state index < -0.39 is 12.1 Å². The summed E-state index contributed by atoms with van der Waals surface area (Å²) in [7, 11) is 5.92. The third-order valence-corrected chi connectivity index (χ3v) is 12.3. The first-order valence-electron chi connectivity index (χ1n) is 17.7. The molecule has 9 atom stereocenters. The van der Waals surface area contributed by atoms with Gasteiger partial charge >= 0.3 is 11.9 Å². The maximum absolute atomic E-state index is 12.7. The second-order valence-corrected chi connectivity index (χ2v) is 17.0. The zero-order valence-electron chi connectivity index (χ0n) is 28.8. The van der Waals surface area contributed by atoms with Crippen LogP contribution in [0.15, 0.2) is 11.6 Å². The molecule has 3 saturated carbocycles. The molecule has 246 valence electrons. The van der Waals surface area contributed by atoms with Gasteiger partial charge in [0.2, 0.25) is 0 Å². The largest absolute Gasteiger partial charge is 0.463 e. The molecule has 0 saturated heterocycles. The zero-order valence-corrected chi connectivity index (χ0v) is 28.8. The fraction of sp³-hybridized carbons (Fsp3) is 0.892. The maximum Gasteiger partial charge on any atom is 0.306 e. The number of esters is 2. The molecular formula is C37H64NO5+. The molecule has 3 fully saturated rings. The average molecular weight is 603 g/mol. The van der Waals surface area contributed by atoms with Crippen molar-refractivity contribution in [3.8, 4) is 0 Å². The molecule has 43 heavy (non-hydrogen) atoms. The number of carbonyl (C=O) groups is 2. The van der Waals surface area contributed by atoms with Gasteiger partial charge in [0.25, 0.3) is 0 Å². The number of aliphatic hydroxyl groups excluding tert-OH is 1.